The molecule has 0 aliphatic carbocycles. The molecule has 0 radical (unpaired) electrons. The van der Waals surface area contributed by atoms with Gasteiger partial charge in [0.1, 0.15) is 0 Å². The minimum Gasteiger partial charge on any atom is -0.379 e. The SMILES string of the molecule is CN(C)OCCOCCOCCOCCN=[N+]=[N-]. The van der Waals surface area contributed by atoms with E-state index in [0.29, 0.717) is 52.8 Å². The van der Waals surface area contributed by atoms with Crippen LogP contribution < -0.4 is 0 Å². The molecular formula is C10H22N4O4. The maximum atomic E-state index is 8.01. The first-order valence-electron chi connectivity index (χ1n) is 5.81. The van der Waals surface area contributed by atoms with Crippen LogP contribution in [0.5, 0.6) is 0 Å². The van der Waals surface area contributed by atoms with E-state index < -0.39 is 0 Å². The molecular weight excluding hydrogens is 240 g/mol. The van der Waals surface area contributed by atoms with Gasteiger partial charge >= 0.3 is 0 Å². The van der Waals surface area contributed by atoms with Crippen molar-refractivity contribution in [1.82, 2.24) is 5.06 Å². The second-order valence-electron chi connectivity index (χ2n) is 3.44. The van der Waals surface area contributed by atoms with Crippen molar-refractivity contribution in [2.24, 2.45) is 5.11 Å². The van der Waals surface area contributed by atoms with Crippen molar-refractivity contribution in [2.75, 3.05) is 66.9 Å². The van der Waals surface area contributed by atoms with E-state index in [1.165, 1.54) is 0 Å². The van der Waals surface area contributed by atoms with Crippen molar-refractivity contribution >= 4 is 0 Å². The van der Waals surface area contributed by atoms with Crippen molar-refractivity contribution in [3.8, 4) is 0 Å². The second kappa shape index (κ2) is 14.2. The predicted octanol–water partition coefficient (Wildman–Crippen LogP) is 0.840. The average molecular weight is 262 g/mol. The molecule has 0 atom stereocenters. The van der Waals surface area contributed by atoms with E-state index in [9.17, 15) is 0 Å². The zero-order chi connectivity index (χ0) is 13.5. The molecule has 8 nitrogen and oxygen atoms in total. The molecule has 0 N–H and O–H groups in total. The fraction of sp³-hybridized carbons (Fsp3) is 1.00. The monoisotopic (exact) mass is 262 g/mol. The zero-order valence-corrected chi connectivity index (χ0v) is 11.1. The molecule has 0 unspecified atom stereocenters. The van der Waals surface area contributed by atoms with Gasteiger partial charge in [-0.2, -0.15) is 5.06 Å². The van der Waals surface area contributed by atoms with Crippen molar-refractivity contribution in [1.29, 1.82) is 0 Å². The molecule has 0 amide bonds. The van der Waals surface area contributed by atoms with E-state index >= 15 is 0 Å². The predicted molar refractivity (Wildman–Crippen MR) is 66.1 cm³/mol. The summed E-state index contributed by atoms with van der Waals surface area (Å²) in [5.74, 6) is 0. The summed E-state index contributed by atoms with van der Waals surface area (Å²) in [5.41, 5.74) is 8.01. The lowest BCUT2D eigenvalue weighted by Gasteiger charge is -2.10. The van der Waals surface area contributed by atoms with Gasteiger partial charge in [-0.25, -0.2) is 0 Å². The molecule has 0 heterocycles. The van der Waals surface area contributed by atoms with Gasteiger partial charge in [-0.05, 0) is 5.53 Å². The third-order valence-corrected chi connectivity index (χ3v) is 1.72. The Morgan fingerprint density at radius 3 is 1.89 bits per heavy atom. The molecule has 106 valence electrons. The zero-order valence-electron chi connectivity index (χ0n) is 11.1. The Morgan fingerprint density at radius 2 is 1.39 bits per heavy atom. The van der Waals surface area contributed by atoms with Crippen molar-refractivity contribution < 1.29 is 19.0 Å². The molecule has 0 fully saturated rings. The molecule has 0 aromatic rings. The van der Waals surface area contributed by atoms with Gasteiger partial charge in [0.15, 0.2) is 0 Å². The molecule has 0 saturated heterocycles. The van der Waals surface area contributed by atoms with Gasteiger partial charge in [0, 0.05) is 25.6 Å². The minimum atomic E-state index is 0.353. The third-order valence-electron chi connectivity index (χ3n) is 1.72. The number of hydrogen-bond donors (Lipinski definition) is 0. The Morgan fingerprint density at radius 1 is 0.889 bits per heavy atom. The van der Waals surface area contributed by atoms with Crippen LogP contribution in [0, 0.1) is 0 Å². The highest BCUT2D eigenvalue weighted by Crippen LogP contribution is 1.84. The quantitative estimate of drug-likeness (QED) is 0.161. The lowest BCUT2D eigenvalue weighted by Crippen LogP contribution is -2.17. The molecule has 0 spiro atoms. The van der Waals surface area contributed by atoms with Crippen LogP contribution in [0.25, 0.3) is 10.4 Å². The summed E-state index contributed by atoms with van der Waals surface area (Å²) in [6, 6.07) is 0. The highest BCUT2D eigenvalue weighted by molar-refractivity contribution is 4.44. The largest absolute Gasteiger partial charge is 0.379 e. The number of azide groups is 1. The van der Waals surface area contributed by atoms with Crippen molar-refractivity contribution in [3.05, 3.63) is 10.4 Å². The summed E-state index contributed by atoms with van der Waals surface area (Å²) in [7, 11) is 3.65. The van der Waals surface area contributed by atoms with E-state index in [0.717, 1.165) is 0 Å². The molecule has 0 aliphatic heterocycles. The van der Waals surface area contributed by atoms with Gasteiger partial charge in [-0.1, -0.05) is 5.11 Å². The van der Waals surface area contributed by atoms with Crippen LogP contribution in [-0.4, -0.2) is 72.0 Å². The van der Waals surface area contributed by atoms with E-state index in [4.69, 9.17) is 24.6 Å². The number of ether oxygens (including phenoxy) is 3. The Balaban J connectivity index is 2.96. The van der Waals surface area contributed by atoms with E-state index in [1.807, 2.05) is 14.1 Å². The molecule has 0 bridgehead atoms. The van der Waals surface area contributed by atoms with Gasteiger partial charge in [-0.15, -0.1) is 0 Å². The average Bonchev–Trinajstić information content (AvgIpc) is 2.34. The first-order chi connectivity index (χ1) is 8.77. The Bertz CT molecular complexity index is 222. The first-order valence-corrected chi connectivity index (χ1v) is 5.81. The summed E-state index contributed by atoms with van der Waals surface area (Å²) in [6.45, 7) is 3.92. The van der Waals surface area contributed by atoms with Crippen LogP contribution >= 0.6 is 0 Å². The number of hydrogen-bond acceptors (Lipinski definition) is 6. The van der Waals surface area contributed by atoms with Crippen LogP contribution in [0.2, 0.25) is 0 Å². The van der Waals surface area contributed by atoms with Gasteiger partial charge in [-0.3, -0.25) is 4.84 Å². The first kappa shape index (κ1) is 17.1. The third kappa shape index (κ3) is 15.1. The molecule has 18 heavy (non-hydrogen) atoms. The maximum Gasteiger partial charge on any atom is 0.0918 e. The van der Waals surface area contributed by atoms with Crippen molar-refractivity contribution in [2.45, 2.75) is 0 Å². The fourth-order valence-electron chi connectivity index (χ4n) is 0.971. The molecule has 0 aromatic carbocycles. The number of rotatable bonds is 13. The molecule has 0 aromatic heterocycles. The summed E-state index contributed by atoms with van der Waals surface area (Å²) in [5, 5.41) is 4.97. The maximum absolute atomic E-state index is 8.01. The normalized spacial score (nSPS) is 10.6. The topological polar surface area (TPSA) is 88.9 Å². The van der Waals surface area contributed by atoms with Crippen LogP contribution in [0.1, 0.15) is 0 Å². The van der Waals surface area contributed by atoms with Crippen molar-refractivity contribution in [3.63, 3.8) is 0 Å². The standard InChI is InChI=1S/C10H22N4O4/c1-14(2)18-10-9-17-8-7-16-6-5-15-4-3-12-13-11/h3-10H2,1-2H3. The minimum absolute atomic E-state index is 0.353. The Hall–Kier alpha value is -0.890. The number of nitrogens with zero attached hydrogens (tertiary/aromatic N) is 4. The van der Waals surface area contributed by atoms with E-state index in [1.54, 1.807) is 5.06 Å². The summed E-state index contributed by atoms with van der Waals surface area (Å²) in [4.78, 5) is 7.76. The molecule has 0 saturated carbocycles. The smallest absolute Gasteiger partial charge is 0.0918 e. The van der Waals surface area contributed by atoms with Gasteiger partial charge in [0.05, 0.1) is 46.2 Å². The second-order valence-corrected chi connectivity index (χ2v) is 3.44. The van der Waals surface area contributed by atoms with E-state index in [2.05, 4.69) is 10.0 Å². The molecule has 0 rings (SSSR count). The summed E-state index contributed by atoms with van der Waals surface area (Å²) >= 11 is 0. The van der Waals surface area contributed by atoms with Gasteiger partial charge in [0.2, 0.25) is 0 Å². The Kier molecular flexibility index (Phi) is 13.5. The van der Waals surface area contributed by atoms with E-state index in [-0.39, 0.29) is 0 Å². The van der Waals surface area contributed by atoms with Crippen LogP contribution in [-0.2, 0) is 19.0 Å². The molecule has 8 heteroatoms. The lowest BCUT2D eigenvalue weighted by atomic mass is 10.7. The lowest BCUT2D eigenvalue weighted by molar-refractivity contribution is -0.135. The highest BCUT2D eigenvalue weighted by atomic mass is 16.7. The Labute approximate surface area is 107 Å². The molecule has 0 aliphatic rings. The highest BCUT2D eigenvalue weighted by Gasteiger charge is 1.93. The van der Waals surface area contributed by atoms with Gasteiger partial charge < -0.3 is 14.2 Å². The summed E-state index contributed by atoms with van der Waals surface area (Å²) in [6.07, 6.45) is 0. The fourth-order valence-corrected chi connectivity index (χ4v) is 0.971. The number of hydroxylamine groups is 2. The van der Waals surface area contributed by atoms with Crippen LogP contribution in [0.4, 0.5) is 0 Å². The van der Waals surface area contributed by atoms with Crippen LogP contribution in [0.15, 0.2) is 5.11 Å². The van der Waals surface area contributed by atoms with Gasteiger partial charge in [0.25, 0.3) is 0 Å². The summed E-state index contributed by atoms with van der Waals surface area (Å²) < 4.78 is 15.7. The van der Waals surface area contributed by atoms with Crippen LogP contribution in [0.3, 0.4) is 0 Å².